The van der Waals surface area contributed by atoms with Gasteiger partial charge >= 0.3 is 0 Å². The average Bonchev–Trinajstić information content (AvgIpc) is 3.35. The molecule has 0 bridgehead atoms. The van der Waals surface area contributed by atoms with E-state index in [4.69, 9.17) is 0 Å². The van der Waals surface area contributed by atoms with E-state index in [1.165, 1.54) is 18.2 Å². The molecule has 2 heterocycles. The zero-order chi connectivity index (χ0) is 19.7. The van der Waals surface area contributed by atoms with E-state index in [0.29, 0.717) is 5.92 Å². The van der Waals surface area contributed by atoms with Crippen LogP contribution in [0.2, 0.25) is 0 Å². The molecule has 0 spiro atoms. The zero-order valence-corrected chi connectivity index (χ0v) is 15.6. The summed E-state index contributed by atoms with van der Waals surface area (Å²) in [6.45, 7) is 0.139. The number of H-pyrrole nitrogens is 1. The van der Waals surface area contributed by atoms with E-state index in [0.717, 1.165) is 35.2 Å². The first kappa shape index (κ1) is 18.4. The number of aromatic amines is 1. The predicted octanol–water partition coefficient (Wildman–Crippen LogP) is 2.89. The minimum Gasteiger partial charge on any atom is -0.349 e. The van der Waals surface area contributed by atoms with Crippen LogP contribution in [0.3, 0.4) is 0 Å². The first-order valence-electron chi connectivity index (χ1n) is 8.86. The molecule has 1 saturated carbocycles. The highest BCUT2D eigenvalue weighted by molar-refractivity contribution is 8.18. The molecule has 1 saturated heterocycles. The molecule has 7 nitrogen and oxygen atoms in total. The highest BCUT2D eigenvalue weighted by atomic mass is 32.2. The monoisotopic (exact) mass is 400 g/mol. The third-order valence-electron chi connectivity index (χ3n) is 4.53. The van der Waals surface area contributed by atoms with Crippen LogP contribution in [-0.4, -0.2) is 45.2 Å². The predicted molar refractivity (Wildman–Crippen MR) is 102 cm³/mol. The molecule has 28 heavy (non-hydrogen) atoms. The van der Waals surface area contributed by atoms with Gasteiger partial charge in [-0.25, -0.2) is 4.39 Å². The molecule has 0 atom stereocenters. The van der Waals surface area contributed by atoms with Crippen LogP contribution in [0.4, 0.5) is 9.18 Å². The maximum Gasteiger partial charge on any atom is 0.293 e. The third-order valence-corrected chi connectivity index (χ3v) is 5.44. The van der Waals surface area contributed by atoms with Gasteiger partial charge in [0, 0.05) is 30.3 Å². The Labute approximate surface area is 164 Å². The fourth-order valence-electron chi connectivity index (χ4n) is 2.85. The van der Waals surface area contributed by atoms with E-state index < -0.39 is 17.0 Å². The van der Waals surface area contributed by atoms with E-state index >= 15 is 0 Å². The highest BCUT2D eigenvalue weighted by Crippen LogP contribution is 2.39. The van der Waals surface area contributed by atoms with Gasteiger partial charge in [-0.1, -0.05) is 18.2 Å². The van der Waals surface area contributed by atoms with Gasteiger partial charge in [0.2, 0.25) is 0 Å². The van der Waals surface area contributed by atoms with E-state index in [1.807, 2.05) is 0 Å². The summed E-state index contributed by atoms with van der Waals surface area (Å²) in [6.07, 6.45) is 3.56. The fourth-order valence-corrected chi connectivity index (χ4v) is 3.71. The number of amides is 3. The van der Waals surface area contributed by atoms with Crippen molar-refractivity contribution >= 4 is 34.9 Å². The molecule has 2 aromatic rings. The summed E-state index contributed by atoms with van der Waals surface area (Å²) in [6, 6.07) is 7.75. The van der Waals surface area contributed by atoms with Crippen molar-refractivity contribution in [2.24, 2.45) is 0 Å². The van der Waals surface area contributed by atoms with Gasteiger partial charge in [-0.2, -0.15) is 5.10 Å². The van der Waals surface area contributed by atoms with E-state index in [9.17, 15) is 18.8 Å². The molecule has 1 aromatic heterocycles. The van der Waals surface area contributed by atoms with Crippen molar-refractivity contribution < 1.29 is 18.8 Å². The lowest BCUT2D eigenvalue weighted by Crippen LogP contribution is -2.37. The third kappa shape index (κ3) is 3.84. The van der Waals surface area contributed by atoms with E-state index in [2.05, 4.69) is 15.5 Å². The van der Waals surface area contributed by atoms with E-state index in [1.54, 1.807) is 18.2 Å². The molecule has 2 fully saturated rings. The summed E-state index contributed by atoms with van der Waals surface area (Å²) in [5, 5.41) is 9.06. The normalized spacial score (nSPS) is 18.2. The van der Waals surface area contributed by atoms with Crippen LogP contribution in [0.5, 0.6) is 0 Å². The number of thioether (sulfide) groups is 1. The number of rotatable bonds is 6. The summed E-state index contributed by atoms with van der Waals surface area (Å²) >= 11 is 0.756. The summed E-state index contributed by atoms with van der Waals surface area (Å²) in [5.41, 5.74) is 1.48. The highest BCUT2D eigenvalue weighted by Gasteiger charge is 2.35. The number of benzene rings is 1. The van der Waals surface area contributed by atoms with Crippen molar-refractivity contribution in [2.45, 2.75) is 18.8 Å². The number of hydrogen-bond acceptors (Lipinski definition) is 5. The lowest BCUT2D eigenvalue weighted by Gasteiger charge is -2.12. The quantitative estimate of drug-likeness (QED) is 0.727. The van der Waals surface area contributed by atoms with Gasteiger partial charge in [0.1, 0.15) is 11.5 Å². The molecular weight excluding hydrogens is 383 g/mol. The van der Waals surface area contributed by atoms with Crippen LogP contribution in [0.1, 0.15) is 40.5 Å². The van der Waals surface area contributed by atoms with Crippen LogP contribution in [0.15, 0.2) is 35.2 Å². The van der Waals surface area contributed by atoms with E-state index in [-0.39, 0.29) is 35.2 Å². The van der Waals surface area contributed by atoms with Crippen molar-refractivity contribution in [3.8, 4) is 0 Å². The van der Waals surface area contributed by atoms with Gasteiger partial charge in [-0.05, 0) is 42.8 Å². The molecule has 2 N–H and O–H groups in total. The van der Waals surface area contributed by atoms with Gasteiger partial charge in [0.05, 0.1) is 4.91 Å². The Morgan fingerprint density at radius 2 is 2.14 bits per heavy atom. The molecule has 9 heteroatoms. The number of aromatic nitrogens is 2. The van der Waals surface area contributed by atoms with Crippen LogP contribution in [-0.2, 0) is 4.79 Å². The van der Waals surface area contributed by atoms with Gasteiger partial charge in [0.25, 0.3) is 17.1 Å². The van der Waals surface area contributed by atoms with Crippen molar-refractivity contribution in [1.82, 2.24) is 20.4 Å². The molecule has 0 radical (unpaired) electrons. The number of imide groups is 1. The Kier molecular flexibility index (Phi) is 4.99. The largest absolute Gasteiger partial charge is 0.349 e. The Morgan fingerprint density at radius 1 is 1.36 bits per heavy atom. The van der Waals surface area contributed by atoms with Gasteiger partial charge < -0.3 is 5.32 Å². The second kappa shape index (κ2) is 7.59. The fraction of sp³-hybridized carbons (Fsp3) is 0.263. The van der Waals surface area contributed by atoms with Crippen molar-refractivity contribution in [1.29, 1.82) is 0 Å². The molecule has 1 aliphatic heterocycles. The van der Waals surface area contributed by atoms with Crippen molar-refractivity contribution in [3.63, 3.8) is 0 Å². The maximum absolute atomic E-state index is 13.8. The molecule has 2 aliphatic rings. The maximum atomic E-state index is 13.8. The van der Waals surface area contributed by atoms with Crippen LogP contribution < -0.4 is 5.32 Å². The Balaban J connectivity index is 1.34. The molecule has 144 valence electrons. The van der Waals surface area contributed by atoms with Crippen LogP contribution in [0.25, 0.3) is 6.08 Å². The standard InChI is InChI=1S/C19H17FN4O3S/c20-13-4-2-1-3-12(13)9-16-18(26)24(19(27)28-16)8-7-21-17(25)15-10-14(22-23-15)11-5-6-11/h1-4,9-11H,5-8H2,(H,21,25)(H,22,23)/b16-9-. The van der Waals surface area contributed by atoms with Crippen LogP contribution in [0, 0.1) is 5.82 Å². The Hall–Kier alpha value is -2.94. The first-order chi connectivity index (χ1) is 13.5. The van der Waals surface area contributed by atoms with Gasteiger partial charge in [-0.3, -0.25) is 24.4 Å². The average molecular weight is 400 g/mol. The summed E-state index contributed by atoms with van der Waals surface area (Å²) in [4.78, 5) is 37.9. The molecule has 4 rings (SSSR count). The molecular formula is C19H17FN4O3S. The number of carbonyl (C=O) groups is 3. The second-order valence-electron chi connectivity index (χ2n) is 6.59. The number of hydrogen-bond donors (Lipinski definition) is 2. The smallest absolute Gasteiger partial charge is 0.293 e. The number of nitrogens with one attached hydrogen (secondary N) is 2. The van der Waals surface area contributed by atoms with Crippen molar-refractivity contribution in [3.05, 3.63) is 58.0 Å². The topological polar surface area (TPSA) is 95.2 Å². The molecule has 1 aromatic carbocycles. The summed E-state index contributed by atoms with van der Waals surface area (Å²) in [7, 11) is 0. The molecule has 0 unspecified atom stereocenters. The number of nitrogens with zero attached hydrogens (tertiary/aromatic N) is 2. The minimum absolute atomic E-state index is 0.0327. The van der Waals surface area contributed by atoms with Gasteiger partial charge in [0.15, 0.2) is 0 Å². The Bertz CT molecular complexity index is 983. The molecule has 1 aliphatic carbocycles. The summed E-state index contributed by atoms with van der Waals surface area (Å²) in [5.74, 6) is -0.864. The SMILES string of the molecule is O=C(NCCN1C(=O)S/C(=C\c2ccccc2F)C1=O)c1cc(C2CC2)[nH]n1. The van der Waals surface area contributed by atoms with Crippen molar-refractivity contribution in [2.75, 3.05) is 13.1 Å². The number of carbonyl (C=O) groups excluding carboxylic acids is 3. The lowest BCUT2D eigenvalue weighted by molar-refractivity contribution is -0.122. The number of halogens is 1. The van der Waals surface area contributed by atoms with Crippen LogP contribution >= 0.6 is 11.8 Å². The summed E-state index contributed by atoms with van der Waals surface area (Å²) < 4.78 is 13.8. The lowest BCUT2D eigenvalue weighted by atomic mass is 10.2. The van der Waals surface area contributed by atoms with Gasteiger partial charge in [-0.15, -0.1) is 0 Å². The molecule has 3 amide bonds. The Morgan fingerprint density at radius 3 is 2.89 bits per heavy atom. The minimum atomic E-state index is -0.497. The first-order valence-corrected chi connectivity index (χ1v) is 9.68. The zero-order valence-electron chi connectivity index (χ0n) is 14.8. The second-order valence-corrected chi connectivity index (χ2v) is 7.59.